The SMILES string of the molecule is CCc1ccc(N2C(=O)[C@H]3[C@H](CC=C4[C@H]3C[C@H]3C(=O)N(Nc5ncc(C(F)(F)F)cc5Cl)C(=O)[C@@]3(c3ccc(Cl)cc3)[C@H]4c3cc(OC)c(O)c(OC)c3)C2=O)cc1. The summed E-state index contributed by atoms with van der Waals surface area (Å²) in [4.78, 5) is 64.2. The molecule has 2 saturated heterocycles. The molecule has 2 N–H and O–H groups in total. The molecule has 4 amide bonds. The number of aromatic hydroxyl groups is 1. The van der Waals surface area contributed by atoms with E-state index in [0.717, 1.165) is 12.0 Å². The molecule has 0 radical (unpaired) electrons. The van der Waals surface area contributed by atoms with Crippen LogP contribution in [0.1, 0.15) is 47.9 Å². The number of rotatable bonds is 8. The average Bonchev–Trinajstić information content (AvgIpc) is 3.59. The van der Waals surface area contributed by atoms with Gasteiger partial charge in [-0.1, -0.05) is 66.0 Å². The monoisotopic (exact) mass is 834 g/mol. The summed E-state index contributed by atoms with van der Waals surface area (Å²) in [6, 6.07) is 17.2. The number of allylic oxidation sites excluding steroid dienone is 2. The largest absolute Gasteiger partial charge is 0.502 e. The van der Waals surface area contributed by atoms with Gasteiger partial charge in [0, 0.05) is 17.1 Å². The lowest BCUT2D eigenvalue weighted by Crippen LogP contribution is -2.53. The van der Waals surface area contributed by atoms with Crippen molar-refractivity contribution in [1.82, 2.24) is 9.99 Å². The molecule has 2 aliphatic heterocycles. The fraction of sp³-hybridized carbons (Fsp3) is 0.310. The summed E-state index contributed by atoms with van der Waals surface area (Å²) in [6.45, 7) is 1.99. The Morgan fingerprint density at radius 1 is 0.914 bits per heavy atom. The number of halogens is 5. The zero-order valence-corrected chi connectivity index (χ0v) is 32.7. The van der Waals surface area contributed by atoms with Crippen LogP contribution in [0.3, 0.4) is 0 Å². The minimum absolute atomic E-state index is 0.00474. The van der Waals surface area contributed by atoms with Crippen LogP contribution < -0.4 is 19.8 Å². The fourth-order valence-electron chi connectivity index (χ4n) is 9.37. The molecule has 3 fully saturated rings. The minimum atomic E-state index is -4.77. The van der Waals surface area contributed by atoms with Crippen molar-refractivity contribution < 1.29 is 46.9 Å². The summed E-state index contributed by atoms with van der Waals surface area (Å²) in [7, 11) is 2.68. The molecule has 0 bridgehead atoms. The van der Waals surface area contributed by atoms with Crippen LogP contribution in [0.4, 0.5) is 24.7 Å². The highest BCUT2D eigenvalue weighted by Crippen LogP contribution is 2.65. The lowest BCUT2D eigenvalue weighted by atomic mass is 9.49. The smallest absolute Gasteiger partial charge is 0.417 e. The third-order valence-electron chi connectivity index (χ3n) is 12.0. The number of nitrogens with zero attached hydrogens (tertiary/aromatic N) is 3. The Morgan fingerprint density at radius 3 is 2.16 bits per heavy atom. The number of phenols is 1. The maximum absolute atomic E-state index is 15.5. The number of imide groups is 2. The van der Waals surface area contributed by atoms with Gasteiger partial charge in [-0.05, 0) is 84.3 Å². The molecule has 16 heteroatoms. The summed E-state index contributed by atoms with van der Waals surface area (Å²) in [5, 5.41) is 11.5. The number of ether oxygens (including phenoxy) is 2. The molecule has 3 aromatic carbocycles. The van der Waals surface area contributed by atoms with Crippen LogP contribution >= 0.6 is 23.2 Å². The average molecular weight is 836 g/mol. The number of aryl methyl sites for hydroxylation is 1. The highest BCUT2D eigenvalue weighted by atomic mass is 35.5. The number of hydrogen-bond acceptors (Lipinski definition) is 9. The predicted octanol–water partition coefficient (Wildman–Crippen LogP) is 7.88. The molecule has 300 valence electrons. The van der Waals surface area contributed by atoms with Crippen molar-refractivity contribution in [2.24, 2.45) is 23.7 Å². The lowest BCUT2D eigenvalue weighted by molar-refractivity contribution is -0.139. The van der Waals surface area contributed by atoms with E-state index < -0.39 is 69.5 Å². The third kappa shape index (κ3) is 5.90. The third-order valence-corrected chi connectivity index (χ3v) is 12.5. The van der Waals surface area contributed by atoms with Gasteiger partial charge in [0.2, 0.25) is 17.6 Å². The molecular weight excluding hydrogens is 800 g/mol. The fourth-order valence-corrected chi connectivity index (χ4v) is 9.71. The Balaban J connectivity index is 1.33. The summed E-state index contributed by atoms with van der Waals surface area (Å²) in [6.07, 6.45) is -1.55. The number of alkyl halides is 3. The van der Waals surface area contributed by atoms with Gasteiger partial charge in [0.05, 0.1) is 53.7 Å². The number of pyridine rings is 1. The first-order valence-corrected chi connectivity index (χ1v) is 19.2. The molecule has 6 atom stereocenters. The first kappa shape index (κ1) is 39.2. The van der Waals surface area contributed by atoms with Gasteiger partial charge >= 0.3 is 6.18 Å². The van der Waals surface area contributed by atoms with Crippen molar-refractivity contribution in [2.45, 2.75) is 43.7 Å². The molecule has 3 heterocycles. The zero-order chi connectivity index (χ0) is 41.4. The Kier molecular flexibility index (Phi) is 9.70. The van der Waals surface area contributed by atoms with E-state index in [2.05, 4.69) is 10.4 Å². The lowest BCUT2D eigenvalue weighted by Gasteiger charge is -2.50. The minimum Gasteiger partial charge on any atom is -0.502 e. The number of aromatic nitrogens is 1. The number of benzene rings is 3. The van der Waals surface area contributed by atoms with E-state index in [1.54, 1.807) is 36.4 Å². The van der Waals surface area contributed by atoms with E-state index >= 15 is 4.79 Å². The normalized spacial score (nSPS) is 25.3. The number of fused-ring (bicyclic) bond motifs is 4. The van der Waals surface area contributed by atoms with Crippen molar-refractivity contribution in [3.8, 4) is 17.2 Å². The highest BCUT2D eigenvalue weighted by Gasteiger charge is 2.70. The van der Waals surface area contributed by atoms with Crippen LogP contribution in [0.2, 0.25) is 10.0 Å². The van der Waals surface area contributed by atoms with Gasteiger partial charge in [-0.3, -0.25) is 29.5 Å². The van der Waals surface area contributed by atoms with Crippen LogP contribution in [0.5, 0.6) is 17.2 Å². The number of hydrogen-bond donors (Lipinski definition) is 2. The van der Waals surface area contributed by atoms with Gasteiger partial charge in [-0.2, -0.15) is 18.2 Å². The molecule has 58 heavy (non-hydrogen) atoms. The van der Waals surface area contributed by atoms with E-state index in [1.807, 2.05) is 25.1 Å². The number of anilines is 2. The topological polar surface area (TPSA) is 138 Å². The first-order chi connectivity index (χ1) is 27.6. The second kappa shape index (κ2) is 14.3. The number of carbonyl (C=O) groups is 4. The van der Waals surface area contributed by atoms with Crippen molar-refractivity contribution >= 4 is 58.3 Å². The summed E-state index contributed by atoms with van der Waals surface area (Å²) in [5.74, 6) is -7.85. The number of hydrazine groups is 1. The van der Waals surface area contributed by atoms with Crippen LogP contribution in [0.25, 0.3) is 0 Å². The van der Waals surface area contributed by atoms with Crippen LogP contribution in [-0.4, -0.2) is 52.9 Å². The Morgan fingerprint density at radius 2 is 1.57 bits per heavy atom. The number of methoxy groups -OCH3 is 2. The van der Waals surface area contributed by atoms with Crippen molar-refractivity contribution in [2.75, 3.05) is 24.5 Å². The zero-order valence-electron chi connectivity index (χ0n) is 31.1. The van der Waals surface area contributed by atoms with Crippen LogP contribution in [0, 0.1) is 23.7 Å². The van der Waals surface area contributed by atoms with Crippen molar-refractivity contribution in [1.29, 1.82) is 0 Å². The predicted molar refractivity (Wildman–Crippen MR) is 206 cm³/mol. The molecule has 0 unspecified atom stereocenters. The second-order valence-electron chi connectivity index (χ2n) is 14.7. The van der Waals surface area contributed by atoms with Crippen molar-refractivity contribution in [3.05, 3.63) is 117 Å². The molecule has 1 saturated carbocycles. The summed E-state index contributed by atoms with van der Waals surface area (Å²) in [5.41, 5.74) is 2.44. The van der Waals surface area contributed by atoms with E-state index in [4.69, 9.17) is 32.7 Å². The van der Waals surface area contributed by atoms with Gasteiger partial charge in [-0.25, -0.2) is 4.98 Å². The Labute approximate surface area is 340 Å². The van der Waals surface area contributed by atoms with Gasteiger partial charge < -0.3 is 14.6 Å². The first-order valence-electron chi connectivity index (χ1n) is 18.4. The number of amides is 4. The van der Waals surface area contributed by atoms with Gasteiger partial charge in [-0.15, -0.1) is 0 Å². The molecule has 4 aliphatic rings. The molecule has 2 aliphatic carbocycles. The summed E-state index contributed by atoms with van der Waals surface area (Å²) >= 11 is 12.6. The van der Waals surface area contributed by atoms with E-state index in [0.29, 0.717) is 44.7 Å². The maximum Gasteiger partial charge on any atom is 0.417 e. The Bertz CT molecular complexity index is 2380. The highest BCUT2D eigenvalue weighted by molar-refractivity contribution is 6.33. The molecule has 4 aromatic rings. The van der Waals surface area contributed by atoms with Gasteiger partial charge in [0.1, 0.15) is 0 Å². The van der Waals surface area contributed by atoms with Gasteiger partial charge in [0.25, 0.3) is 11.8 Å². The molecule has 8 rings (SSSR count). The van der Waals surface area contributed by atoms with Crippen LogP contribution in [-0.2, 0) is 37.2 Å². The molecular formula is C42H35Cl2F3N4O7. The number of nitrogens with one attached hydrogen (secondary N) is 1. The quantitative estimate of drug-likeness (QED) is 0.134. The molecule has 1 aromatic heterocycles. The standard InChI is InChI=1S/C42H35Cl2F3N4O7/c1-4-20-5-11-25(12-6-20)50-37(53)27-14-13-26-28(33(27)39(50)55)18-29-38(54)51(49-36-30(44)17-23(19-48-36)42(45,46)47)40(56)41(29,22-7-9-24(43)10-8-22)34(26)21-15-31(57-2)35(52)32(16-21)58-3/h5-13,15-17,19,27-29,33-34,52H,4,14,18H2,1-3H3,(H,48,49)/t27-,28+,29-,33-,34-,41+/m0/s1. The maximum atomic E-state index is 15.5. The van der Waals surface area contributed by atoms with Crippen LogP contribution in [0.15, 0.2) is 84.6 Å². The van der Waals surface area contributed by atoms with Crippen molar-refractivity contribution in [3.63, 3.8) is 0 Å². The Hall–Kier alpha value is -5.60. The van der Waals surface area contributed by atoms with E-state index in [1.165, 1.54) is 31.3 Å². The van der Waals surface area contributed by atoms with E-state index in [9.17, 15) is 32.7 Å². The second-order valence-corrected chi connectivity index (χ2v) is 15.6. The number of phenolic OH excluding ortho intramolecular Hbond substituents is 1. The molecule has 0 spiro atoms. The number of carbonyl (C=O) groups excluding carboxylic acids is 4. The van der Waals surface area contributed by atoms with Gasteiger partial charge in [0.15, 0.2) is 17.3 Å². The molecule has 11 nitrogen and oxygen atoms in total. The summed E-state index contributed by atoms with van der Waals surface area (Å²) < 4.78 is 51.7. The van der Waals surface area contributed by atoms with E-state index in [-0.39, 0.29) is 41.8 Å².